The number of benzene rings is 1. The zero-order chi connectivity index (χ0) is 13.7. The van der Waals surface area contributed by atoms with Gasteiger partial charge >= 0.3 is 0 Å². The van der Waals surface area contributed by atoms with Crippen LogP contribution in [0.4, 0.5) is 0 Å². The molecule has 0 aliphatic rings. The number of hydrogen-bond donors (Lipinski definition) is 1. The van der Waals surface area contributed by atoms with E-state index in [1.54, 1.807) is 0 Å². The van der Waals surface area contributed by atoms with E-state index < -0.39 is 0 Å². The quantitative estimate of drug-likeness (QED) is 0.789. The topological polar surface area (TPSA) is 12.0 Å². The van der Waals surface area contributed by atoms with E-state index in [0.717, 1.165) is 13.0 Å². The Hall–Kier alpha value is -1.12. The molecule has 2 aromatic rings. The van der Waals surface area contributed by atoms with Crippen molar-refractivity contribution < 1.29 is 0 Å². The summed E-state index contributed by atoms with van der Waals surface area (Å²) in [5.41, 5.74) is 1.43. The maximum atomic E-state index is 3.67. The summed E-state index contributed by atoms with van der Waals surface area (Å²) in [7, 11) is 0. The van der Waals surface area contributed by atoms with Crippen LogP contribution in [-0.4, -0.2) is 6.54 Å². The molecule has 0 aliphatic carbocycles. The van der Waals surface area contributed by atoms with Crippen LogP contribution >= 0.6 is 11.3 Å². The monoisotopic (exact) mass is 273 g/mol. The summed E-state index contributed by atoms with van der Waals surface area (Å²) in [6, 6.07) is 15.8. The van der Waals surface area contributed by atoms with Crippen molar-refractivity contribution in [2.45, 2.75) is 39.2 Å². The lowest BCUT2D eigenvalue weighted by atomic mass is 9.88. The lowest BCUT2D eigenvalue weighted by molar-refractivity contribution is 0.451. The molecule has 0 amide bonds. The van der Waals surface area contributed by atoms with Crippen LogP contribution in [0.1, 0.15) is 47.5 Å². The van der Waals surface area contributed by atoms with Crippen LogP contribution in [0.25, 0.3) is 0 Å². The first-order valence-electron chi connectivity index (χ1n) is 7.10. The molecule has 1 heterocycles. The second kappa shape index (κ2) is 6.88. The third-order valence-electron chi connectivity index (χ3n) is 3.56. The summed E-state index contributed by atoms with van der Waals surface area (Å²) in [6.07, 6.45) is 1.15. The summed E-state index contributed by atoms with van der Waals surface area (Å²) in [5, 5.41) is 3.67. The summed E-state index contributed by atoms with van der Waals surface area (Å²) in [6.45, 7) is 7.65. The van der Waals surface area contributed by atoms with E-state index >= 15 is 0 Å². The maximum absolute atomic E-state index is 3.67. The SMILES string of the molecule is CCNC(c1ccc(C)s1)C(CC)c1ccccc1. The molecule has 102 valence electrons. The second-order valence-electron chi connectivity index (χ2n) is 4.91. The van der Waals surface area contributed by atoms with Gasteiger partial charge in [0.2, 0.25) is 0 Å². The maximum Gasteiger partial charge on any atom is 0.0484 e. The molecular weight excluding hydrogens is 250 g/mol. The second-order valence-corrected chi connectivity index (χ2v) is 6.23. The first-order valence-corrected chi connectivity index (χ1v) is 7.92. The molecule has 2 atom stereocenters. The van der Waals surface area contributed by atoms with Crippen LogP contribution in [0, 0.1) is 6.92 Å². The zero-order valence-corrected chi connectivity index (χ0v) is 12.8. The summed E-state index contributed by atoms with van der Waals surface area (Å²) >= 11 is 1.91. The molecule has 1 N–H and O–H groups in total. The highest BCUT2D eigenvalue weighted by atomic mass is 32.1. The van der Waals surface area contributed by atoms with Gasteiger partial charge in [-0.2, -0.15) is 0 Å². The highest BCUT2D eigenvalue weighted by Gasteiger charge is 2.23. The smallest absolute Gasteiger partial charge is 0.0484 e. The van der Waals surface area contributed by atoms with Crippen molar-refractivity contribution in [1.82, 2.24) is 5.32 Å². The number of nitrogens with one attached hydrogen (secondary N) is 1. The first kappa shape index (κ1) is 14.3. The summed E-state index contributed by atoms with van der Waals surface area (Å²) in [5.74, 6) is 0.541. The molecule has 19 heavy (non-hydrogen) atoms. The lowest BCUT2D eigenvalue weighted by Crippen LogP contribution is -2.26. The van der Waals surface area contributed by atoms with Gasteiger partial charge in [-0.05, 0) is 37.6 Å². The number of hydrogen-bond acceptors (Lipinski definition) is 2. The van der Waals surface area contributed by atoms with Crippen LogP contribution in [0.5, 0.6) is 0 Å². The number of aryl methyl sites for hydroxylation is 1. The van der Waals surface area contributed by atoms with Gasteiger partial charge in [0, 0.05) is 21.7 Å². The van der Waals surface area contributed by atoms with Gasteiger partial charge in [-0.3, -0.25) is 0 Å². The fraction of sp³-hybridized carbons (Fsp3) is 0.412. The van der Waals surface area contributed by atoms with Crippen molar-refractivity contribution in [3.8, 4) is 0 Å². The zero-order valence-electron chi connectivity index (χ0n) is 12.0. The van der Waals surface area contributed by atoms with Crippen molar-refractivity contribution in [2.24, 2.45) is 0 Å². The largest absolute Gasteiger partial charge is 0.309 e. The minimum Gasteiger partial charge on any atom is -0.309 e. The predicted octanol–water partition coefficient (Wildman–Crippen LogP) is 4.90. The van der Waals surface area contributed by atoms with Crippen LogP contribution in [0.2, 0.25) is 0 Å². The molecule has 0 spiro atoms. The van der Waals surface area contributed by atoms with Gasteiger partial charge in [0.1, 0.15) is 0 Å². The highest BCUT2D eigenvalue weighted by molar-refractivity contribution is 7.12. The molecule has 1 aromatic heterocycles. The predicted molar refractivity (Wildman–Crippen MR) is 84.9 cm³/mol. The van der Waals surface area contributed by atoms with Gasteiger partial charge in [-0.25, -0.2) is 0 Å². The Labute approximate surface area is 120 Å². The molecule has 1 aromatic carbocycles. The van der Waals surface area contributed by atoms with Crippen LogP contribution in [0.3, 0.4) is 0 Å². The number of thiophene rings is 1. The minimum atomic E-state index is 0.427. The van der Waals surface area contributed by atoms with Crippen molar-refractivity contribution in [2.75, 3.05) is 6.54 Å². The fourth-order valence-corrected chi connectivity index (χ4v) is 3.66. The molecule has 0 radical (unpaired) electrons. The van der Waals surface area contributed by atoms with Gasteiger partial charge in [0.15, 0.2) is 0 Å². The average Bonchev–Trinajstić information content (AvgIpc) is 2.86. The van der Waals surface area contributed by atoms with E-state index in [9.17, 15) is 0 Å². The average molecular weight is 273 g/mol. The molecule has 2 rings (SSSR count). The molecule has 0 bridgehead atoms. The van der Waals surface area contributed by atoms with Crippen LogP contribution in [-0.2, 0) is 0 Å². The molecule has 0 aliphatic heterocycles. The van der Waals surface area contributed by atoms with E-state index in [-0.39, 0.29) is 0 Å². The third-order valence-corrected chi connectivity index (χ3v) is 4.65. The van der Waals surface area contributed by atoms with E-state index in [1.807, 2.05) is 11.3 Å². The highest BCUT2D eigenvalue weighted by Crippen LogP contribution is 2.36. The Kier molecular flexibility index (Phi) is 5.17. The van der Waals surface area contributed by atoms with Crippen molar-refractivity contribution in [3.63, 3.8) is 0 Å². The van der Waals surface area contributed by atoms with E-state index in [2.05, 4.69) is 68.6 Å². The Morgan fingerprint density at radius 1 is 1.05 bits per heavy atom. The fourth-order valence-electron chi connectivity index (χ4n) is 2.65. The summed E-state index contributed by atoms with van der Waals surface area (Å²) < 4.78 is 0. The first-order chi connectivity index (χ1) is 9.26. The lowest BCUT2D eigenvalue weighted by Gasteiger charge is -2.26. The molecule has 0 fully saturated rings. The Morgan fingerprint density at radius 2 is 1.79 bits per heavy atom. The van der Waals surface area contributed by atoms with Gasteiger partial charge < -0.3 is 5.32 Å². The van der Waals surface area contributed by atoms with Gasteiger partial charge in [0.25, 0.3) is 0 Å². The van der Waals surface area contributed by atoms with Crippen molar-refractivity contribution in [3.05, 3.63) is 57.8 Å². The van der Waals surface area contributed by atoms with Gasteiger partial charge in [-0.15, -0.1) is 11.3 Å². The van der Waals surface area contributed by atoms with Gasteiger partial charge in [-0.1, -0.05) is 44.2 Å². The normalized spacial score (nSPS) is 14.3. The standard InChI is InChI=1S/C17H23NS/c1-4-15(14-9-7-6-8-10-14)17(18-5-2)16-12-11-13(3)19-16/h6-12,15,17-18H,4-5H2,1-3H3. The summed E-state index contributed by atoms with van der Waals surface area (Å²) in [4.78, 5) is 2.84. The number of likely N-dealkylation sites (N-methyl/N-ethyl adjacent to an activating group) is 1. The van der Waals surface area contributed by atoms with Gasteiger partial charge in [0.05, 0.1) is 0 Å². The Morgan fingerprint density at radius 3 is 2.32 bits per heavy atom. The van der Waals surface area contributed by atoms with E-state index in [1.165, 1.54) is 15.3 Å². The Bertz CT molecular complexity index is 489. The molecular formula is C17H23NS. The minimum absolute atomic E-state index is 0.427. The molecule has 0 saturated heterocycles. The van der Waals surface area contributed by atoms with Crippen molar-refractivity contribution >= 4 is 11.3 Å². The van der Waals surface area contributed by atoms with Crippen LogP contribution in [0.15, 0.2) is 42.5 Å². The molecule has 2 heteroatoms. The molecule has 0 saturated carbocycles. The van der Waals surface area contributed by atoms with E-state index in [4.69, 9.17) is 0 Å². The molecule has 1 nitrogen and oxygen atoms in total. The van der Waals surface area contributed by atoms with Crippen LogP contribution < -0.4 is 5.32 Å². The third kappa shape index (κ3) is 3.46. The molecule has 2 unspecified atom stereocenters. The van der Waals surface area contributed by atoms with Crippen molar-refractivity contribution in [1.29, 1.82) is 0 Å². The Balaban J connectivity index is 2.31. The van der Waals surface area contributed by atoms with E-state index in [0.29, 0.717) is 12.0 Å². The number of rotatable bonds is 6.